The van der Waals surface area contributed by atoms with Crippen molar-refractivity contribution in [3.8, 4) is 5.75 Å². The van der Waals surface area contributed by atoms with Gasteiger partial charge in [-0.1, -0.05) is 12.1 Å². The Balaban J connectivity index is 1.74. The molecule has 1 unspecified atom stereocenters. The summed E-state index contributed by atoms with van der Waals surface area (Å²) in [6.45, 7) is 0.742. The van der Waals surface area contributed by atoms with Gasteiger partial charge < -0.3 is 19.7 Å². The summed E-state index contributed by atoms with van der Waals surface area (Å²) in [6, 6.07) is 6.14. The molecule has 1 atom stereocenters. The summed E-state index contributed by atoms with van der Waals surface area (Å²) in [5, 5.41) is 12.1. The number of nitrogens with zero attached hydrogens (tertiary/aromatic N) is 2. The Morgan fingerprint density at radius 3 is 3.00 bits per heavy atom. The molecule has 2 N–H and O–H groups in total. The number of nitrogens with one attached hydrogen (secondary N) is 1. The first kappa shape index (κ1) is 17.0. The molecule has 0 bridgehead atoms. The number of aliphatic carboxylic acids is 1. The molecule has 0 fully saturated rings. The Kier molecular flexibility index (Phi) is 5.02. The molecule has 0 aliphatic carbocycles. The molecule has 0 saturated carbocycles. The number of ether oxygens (including phenoxy) is 1. The molecule has 7 nitrogen and oxygen atoms in total. The van der Waals surface area contributed by atoms with Crippen LogP contribution in [0.2, 0.25) is 0 Å². The third-order valence-electron chi connectivity index (χ3n) is 4.38. The lowest BCUT2D eigenvalue weighted by Gasteiger charge is -2.18. The lowest BCUT2D eigenvalue weighted by molar-refractivity contribution is -0.139. The lowest BCUT2D eigenvalue weighted by atomic mass is 10.1. The van der Waals surface area contributed by atoms with E-state index in [0.717, 1.165) is 37.2 Å². The average Bonchev–Trinajstić information content (AvgIpc) is 3.05. The Hall–Kier alpha value is -2.83. The predicted octanol–water partition coefficient (Wildman–Crippen LogP) is 1.65. The number of hydrogen-bond donors (Lipinski definition) is 2. The van der Waals surface area contributed by atoms with Gasteiger partial charge in [0.1, 0.15) is 23.3 Å². The van der Waals surface area contributed by atoms with Crippen molar-refractivity contribution in [3.63, 3.8) is 0 Å². The summed E-state index contributed by atoms with van der Waals surface area (Å²) in [4.78, 5) is 28.4. The maximum absolute atomic E-state index is 12.5. The third kappa shape index (κ3) is 3.81. The Morgan fingerprint density at radius 1 is 1.40 bits per heavy atom. The van der Waals surface area contributed by atoms with Gasteiger partial charge in [-0.15, -0.1) is 0 Å². The molecular formula is C18H21N3O4. The summed E-state index contributed by atoms with van der Waals surface area (Å²) in [6.07, 6.45) is 4.61. The zero-order valence-electron chi connectivity index (χ0n) is 14.1. The molecule has 25 heavy (non-hydrogen) atoms. The van der Waals surface area contributed by atoms with Gasteiger partial charge in [0.25, 0.3) is 5.91 Å². The van der Waals surface area contributed by atoms with Crippen LogP contribution < -0.4 is 10.1 Å². The number of carbonyl (C=O) groups is 2. The molecule has 2 heterocycles. The largest absolute Gasteiger partial charge is 0.497 e. The highest BCUT2D eigenvalue weighted by molar-refractivity contribution is 5.95. The number of aromatic nitrogens is 2. The summed E-state index contributed by atoms with van der Waals surface area (Å²) in [7, 11) is 1.55. The number of imidazole rings is 1. The van der Waals surface area contributed by atoms with E-state index in [1.165, 1.54) is 6.20 Å². The van der Waals surface area contributed by atoms with Crippen LogP contribution in [-0.2, 0) is 24.2 Å². The molecule has 1 amide bonds. The van der Waals surface area contributed by atoms with Gasteiger partial charge >= 0.3 is 5.97 Å². The highest BCUT2D eigenvalue weighted by Crippen LogP contribution is 2.17. The van der Waals surface area contributed by atoms with Gasteiger partial charge in [-0.25, -0.2) is 9.78 Å². The molecule has 2 aromatic rings. The number of carboxylic acids is 1. The fourth-order valence-corrected chi connectivity index (χ4v) is 3.06. The van der Waals surface area contributed by atoms with Crippen LogP contribution in [0.4, 0.5) is 0 Å². The zero-order chi connectivity index (χ0) is 17.8. The lowest BCUT2D eigenvalue weighted by Crippen LogP contribution is -2.43. The molecule has 1 aliphatic heterocycles. The SMILES string of the molecule is COc1cccc(CC(NC(=O)c2cnc3n2CCCC3)C(=O)O)c1. The van der Waals surface area contributed by atoms with Gasteiger partial charge in [0.05, 0.1) is 13.3 Å². The van der Waals surface area contributed by atoms with Crippen molar-refractivity contribution in [3.05, 3.63) is 47.5 Å². The van der Waals surface area contributed by atoms with E-state index in [1.54, 1.807) is 25.3 Å². The van der Waals surface area contributed by atoms with E-state index >= 15 is 0 Å². The monoisotopic (exact) mass is 343 g/mol. The topological polar surface area (TPSA) is 93.5 Å². The Bertz CT molecular complexity index is 784. The second-order valence-electron chi connectivity index (χ2n) is 6.09. The molecule has 0 saturated heterocycles. The number of hydrogen-bond acceptors (Lipinski definition) is 4. The van der Waals surface area contributed by atoms with Crippen LogP contribution >= 0.6 is 0 Å². The Morgan fingerprint density at radius 2 is 2.24 bits per heavy atom. The molecule has 1 aliphatic rings. The third-order valence-corrected chi connectivity index (χ3v) is 4.38. The zero-order valence-corrected chi connectivity index (χ0v) is 14.1. The molecule has 3 rings (SSSR count). The number of rotatable bonds is 6. The minimum atomic E-state index is -1.07. The predicted molar refractivity (Wildman–Crippen MR) is 90.8 cm³/mol. The number of carboxylic acid groups (broad SMARTS) is 1. The van der Waals surface area contributed by atoms with Crippen molar-refractivity contribution in [2.24, 2.45) is 0 Å². The molecule has 1 aromatic carbocycles. The highest BCUT2D eigenvalue weighted by Gasteiger charge is 2.25. The normalized spacial score (nSPS) is 14.4. The molecule has 7 heteroatoms. The number of amides is 1. The van der Waals surface area contributed by atoms with E-state index in [1.807, 2.05) is 10.6 Å². The van der Waals surface area contributed by atoms with Gasteiger partial charge in [0.15, 0.2) is 0 Å². The summed E-state index contributed by atoms with van der Waals surface area (Å²) in [5.74, 6) is 0.0550. The van der Waals surface area contributed by atoms with E-state index < -0.39 is 17.9 Å². The molecular weight excluding hydrogens is 322 g/mol. The van der Waals surface area contributed by atoms with Crippen LogP contribution in [-0.4, -0.2) is 39.7 Å². The van der Waals surface area contributed by atoms with Crippen LogP contribution in [0.5, 0.6) is 5.75 Å². The van der Waals surface area contributed by atoms with Crippen molar-refractivity contribution in [2.45, 2.75) is 38.3 Å². The van der Waals surface area contributed by atoms with E-state index in [4.69, 9.17) is 4.74 Å². The molecule has 1 aromatic heterocycles. The van der Waals surface area contributed by atoms with E-state index in [-0.39, 0.29) is 6.42 Å². The van der Waals surface area contributed by atoms with Crippen LogP contribution in [0, 0.1) is 0 Å². The van der Waals surface area contributed by atoms with Crippen molar-refractivity contribution < 1.29 is 19.4 Å². The van der Waals surface area contributed by atoms with Crippen molar-refractivity contribution in [2.75, 3.05) is 7.11 Å². The first-order valence-corrected chi connectivity index (χ1v) is 8.29. The van der Waals surface area contributed by atoms with E-state index in [9.17, 15) is 14.7 Å². The van der Waals surface area contributed by atoms with Crippen molar-refractivity contribution in [1.29, 1.82) is 0 Å². The summed E-state index contributed by atoms with van der Waals surface area (Å²) < 4.78 is 7.03. The van der Waals surface area contributed by atoms with Gasteiger partial charge in [-0.05, 0) is 30.5 Å². The minimum absolute atomic E-state index is 0.180. The summed E-state index contributed by atoms with van der Waals surface area (Å²) in [5.41, 5.74) is 1.20. The second kappa shape index (κ2) is 7.38. The van der Waals surface area contributed by atoms with Gasteiger partial charge in [0, 0.05) is 19.4 Å². The number of carbonyl (C=O) groups excluding carboxylic acids is 1. The van der Waals surface area contributed by atoms with Crippen LogP contribution in [0.1, 0.15) is 34.7 Å². The average molecular weight is 343 g/mol. The highest BCUT2D eigenvalue weighted by atomic mass is 16.5. The van der Waals surface area contributed by atoms with Gasteiger partial charge in [-0.3, -0.25) is 4.79 Å². The Labute approximate surface area is 145 Å². The first-order valence-electron chi connectivity index (χ1n) is 8.29. The minimum Gasteiger partial charge on any atom is -0.497 e. The maximum Gasteiger partial charge on any atom is 0.326 e. The van der Waals surface area contributed by atoms with Crippen LogP contribution in [0.15, 0.2) is 30.5 Å². The first-order chi connectivity index (χ1) is 12.1. The smallest absolute Gasteiger partial charge is 0.326 e. The summed E-state index contributed by atoms with van der Waals surface area (Å²) >= 11 is 0. The number of methoxy groups -OCH3 is 1. The van der Waals surface area contributed by atoms with Crippen molar-refractivity contribution >= 4 is 11.9 Å². The van der Waals surface area contributed by atoms with Crippen LogP contribution in [0.25, 0.3) is 0 Å². The standard InChI is InChI=1S/C18H21N3O4/c1-25-13-6-4-5-12(9-13)10-14(18(23)24)20-17(22)15-11-19-16-7-2-3-8-21(15)16/h4-6,9,11,14H,2-3,7-8,10H2,1H3,(H,20,22)(H,23,24). The second-order valence-corrected chi connectivity index (χ2v) is 6.09. The fourth-order valence-electron chi connectivity index (χ4n) is 3.06. The van der Waals surface area contributed by atoms with Gasteiger partial charge in [0.2, 0.25) is 0 Å². The maximum atomic E-state index is 12.5. The van der Waals surface area contributed by atoms with E-state index in [2.05, 4.69) is 10.3 Å². The molecule has 0 radical (unpaired) electrons. The number of fused-ring (bicyclic) bond motifs is 1. The quantitative estimate of drug-likeness (QED) is 0.832. The fraction of sp³-hybridized carbons (Fsp3) is 0.389. The molecule has 0 spiro atoms. The van der Waals surface area contributed by atoms with Gasteiger partial charge in [-0.2, -0.15) is 0 Å². The van der Waals surface area contributed by atoms with Crippen LogP contribution in [0.3, 0.4) is 0 Å². The van der Waals surface area contributed by atoms with E-state index in [0.29, 0.717) is 11.4 Å². The molecule has 132 valence electrons. The number of aryl methyl sites for hydroxylation is 1. The van der Waals surface area contributed by atoms with Crippen molar-refractivity contribution in [1.82, 2.24) is 14.9 Å². The number of benzene rings is 1.